The average Bonchev–Trinajstić information content (AvgIpc) is 3.21. The Labute approximate surface area is 169 Å². The lowest BCUT2D eigenvalue weighted by Crippen LogP contribution is -2.30. The highest BCUT2D eigenvalue weighted by molar-refractivity contribution is 5.94. The number of rotatable bonds is 8. The smallest absolute Gasteiger partial charge is 0.273 e. The third-order valence-corrected chi connectivity index (χ3v) is 4.22. The summed E-state index contributed by atoms with van der Waals surface area (Å²) in [6.07, 6.45) is 3.16. The minimum absolute atomic E-state index is 0.177. The fraction of sp³-hybridized carbons (Fsp3) is 0.273. The van der Waals surface area contributed by atoms with Crippen molar-refractivity contribution < 1.29 is 14.1 Å². The molecular weight excluding hydrogens is 368 g/mol. The summed E-state index contributed by atoms with van der Waals surface area (Å²) in [6, 6.07) is 14.7. The molecule has 0 atom stereocenters. The molecule has 0 bridgehead atoms. The van der Waals surface area contributed by atoms with Gasteiger partial charge in [0.25, 0.3) is 11.8 Å². The van der Waals surface area contributed by atoms with Crippen molar-refractivity contribution >= 4 is 11.8 Å². The van der Waals surface area contributed by atoms with Gasteiger partial charge in [-0.25, -0.2) is 0 Å². The van der Waals surface area contributed by atoms with Gasteiger partial charge in [0.05, 0.1) is 12.1 Å². The van der Waals surface area contributed by atoms with E-state index < -0.39 is 0 Å². The van der Waals surface area contributed by atoms with Gasteiger partial charge in [0.1, 0.15) is 0 Å². The molecule has 3 aromatic rings. The van der Waals surface area contributed by atoms with Crippen molar-refractivity contribution in [2.75, 3.05) is 6.54 Å². The Morgan fingerprint density at radius 1 is 1.10 bits per heavy atom. The standard InChI is InChI=1S/C22H24N4O3/c1-16(2)12-24-21(27)20-11-19(29-25-20)15-26(14-17-7-4-3-5-8-17)22(28)18-9-6-10-23-13-18/h3-11,13,16H,12,14-15H2,1-2H3,(H,24,27). The molecule has 150 valence electrons. The zero-order valence-corrected chi connectivity index (χ0v) is 16.5. The van der Waals surface area contributed by atoms with Crippen LogP contribution in [0.2, 0.25) is 0 Å². The van der Waals surface area contributed by atoms with Crippen LogP contribution in [0.3, 0.4) is 0 Å². The number of nitrogens with zero attached hydrogens (tertiary/aromatic N) is 3. The number of hydrogen-bond donors (Lipinski definition) is 1. The Hall–Kier alpha value is -3.48. The van der Waals surface area contributed by atoms with Crippen molar-refractivity contribution in [1.29, 1.82) is 0 Å². The molecule has 0 radical (unpaired) electrons. The highest BCUT2D eigenvalue weighted by Crippen LogP contribution is 2.15. The predicted molar refractivity (Wildman–Crippen MR) is 108 cm³/mol. The lowest BCUT2D eigenvalue weighted by Gasteiger charge is -2.21. The molecule has 7 nitrogen and oxygen atoms in total. The van der Waals surface area contributed by atoms with Crippen molar-refractivity contribution in [3.63, 3.8) is 0 Å². The molecule has 2 amide bonds. The van der Waals surface area contributed by atoms with Crippen molar-refractivity contribution in [2.45, 2.75) is 26.9 Å². The first-order valence-corrected chi connectivity index (χ1v) is 9.50. The van der Waals surface area contributed by atoms with Gasteiger partial charge < -0.3 is 14.7 Å². The van der Waals surface area contributed by atoms with Crippen molar-refractivity contribution in [1.82, 2.24) is 20.4 Å². The van der Waals surface area contributed by atoms with E-state index in [0.717, 1.165) is 5.56 Å². The first-order chi connectivity index (χ1) is 14.0. The summed E-state index contributed by atoms with van der Waals surface area (Å²) < 4.78 is 5.33. The molecule has 0 spiro atoms. The van der Waals surface area contributed by atoms with Gasteiger partial charge in [-0.1, -0.05) is 49.3 Å². The van der Waals surface area contributed by atoms with Gasteiger partial charge in [0.2, 0.25) is 0 Å². The lowest BCUT2D eigenvalue weighted by atomic mass is 10.1. The Balaban J connectivity index is 1.76. The van der Waals surface area contributed by atoms with Gasteiger partial charge >= 0.3 is 0 Å². The first-order valence-electron chi connectivity index (χ1n) is 9.50. The van der Waals surface area contributed by atoms with Gasteiger partial charge in [-0.2, -0.15) is 0 Å². The maximum absolute atomic E-state index is 13.0. The molecule has 1 N–H and O–H groups in total. The Bertz CT molecular complexity index is 939. The third-order valence-electron chi connectivity index (χ3n) is 4.22. The van der Waals surface area contributed by atoms with Crippen molar-refractivity contribution in [3.8, 4) is 0 Å². The van der Waals surface area contributed by atoms with Crippen LogP contribution in [0.15, 0.2) is 65.4 Å². The summed E-state index contributed by atoms with van der Waals surface area (Å²) in [5.74, 6) is 0.308. The van der Waals surface area contributed by atoms with E-state index in [1.54, 1.807) is 29.3 Å². The minimum Gasteiger partial charge on any atom is -0.359 e. The lowest BCUT2D eigenvalue weighted by molar-refractivity contribution is 0.0712. The van der Waals surface area contributed by atoms with Crippen LogP contribution in [0.5, 0.6) is 0 Å². The Morgan fingerprint density at radius 2 is 1.90 bits per heavy atom. The van der Waals surface area contributed by atoms with E-state index in [1.807, 2.05) is 44.2 Å². The van der Waals surface area contributed by atoms with Gasteiger partial charge in [0.15, 0.2) is 11.5 Å². The first kappa shape index (κ1) is 20.3. The number of aromatic nitrogens is 2. The molecule has 1 aromatic carbocycles. The molecule has 0 saturated heterocycles. The summed E-state index contributed by atoms with van der Waals surface area (Å²) in [5.41, 5.74) is 1.67. The Kier molecular flexibility index (Phi) is 6.73. The van der Waals surface area contributed by atoms with Gasteiger partial charge in [-0.15, -0.1) is 0 Å². The molecule has 29 heavy (non-hydrogen) atoms. The van der Waals surface area contributed by atoms with E-state index >= 15 is 0 Å². The molecule has 0 unspecified atom stereocenters. The van der Waals surface area contributed by atoms with E-state index in [-0.39, 0.29) is 24.1 Å². The van der Waals surface area contributed by atoms with E-state index in [0.29, 0.717) is 30.3 Å². The minimum atomic E-state index is -0.290. The normalized spacial score (nSPS) is 10.7. The zero-order chi connectivity index (χ0) is 20.6. The second kappa shape index (κ2) is 9.64. The number of carbonyl (C=O) groups excluding carboxylic acids is 2. The molecule has 2 aromatic heterocycles. The van der Waals surface area contributed by atoms with E-state index in [4.69, 9.17) is 4.52 Å². The molecule has 0 saturated carbocycles. The molecule has 2 heterocycles. The van der Waals surface area contributed by atoms with E-state index in [1.165, 1.54) is 6.20 Å². The SMILES string of the molecule is CC(C)CNC(=O)c1cc(CN(Cc2ccccc2)C(=O)c2cccnc2)on1. The maximum Gasteiger partial charge on any atom is 0.273 e. The predicted octanol–water partition coefficient (Wildman–Crippen LogP) is 3.30. The van der Waals surface area contributed by atoms with E-state index in [9.17, 15) is 9.59 Å². The van der Waals surface area contributed by atoms with Crippen LogP contribution in [-0.2, 0) is 13.1 Å². The van der Waals surface area contributed by atoms with Crippen LogP contribution in [0.25, 0.3) is 0 Å². The number of amides is 2. The highest BCUT2D eigenvalue weighted by atomic mass is 16.5. The highest BCUT2D eigenvalue weighted by Gasteiger charge is 2.20. The number of hydrogen-bond acceptors (Lipinski definition) is 5. The Morgan fingerprint density at radius 3 is 2.59 bits per heavy atom. The van der Waals surface area contributed by atoms with Crippen LogP contribution < -0.4 is 5.32 Å². The van der Waals surface area contributed by atoms with Crippen LogP contribution in [-0.4, -0.2) is 33.4 Å². The van der Waals surface area contributed by atoms with Crippen LogP contribution in [0.1, 0.15) is 46.0 Å². The number of nitrogens with one attached hydrogen (secondary N) is 1. The number of carbonyl (C=O) groups is 2. The molecule has 0 aliphatic carbocycles. The second-order valence-corrected chi connectivity index (χ2v) is 7.17. The molecule has 0 fully saturated rings. The molecule has 3 rings (SSSR count). The molecular formula is C22H24N4O3. The summed E-state index contributed by atoms with van der Waals surface area (Å²) in [4.78, 5) is 30.9. The quantitative estimate of drug-likeness (QED) is 0.635. The van der Waals surface area contributed by atoms with Crippen molar-refractivity contribution in [3.05, 3.63) is 83.5 Å². The van der Waals surface area contributed by atoms with Gasteiger partial charge in [0, 0.05) is 31.5 Å². The van der Waals surface area contributed by atoms with Crippen LogP contribution in [0, 0.1) is 5.92 Å². The largest absolute Gasteiger partial charge is 0.359 e. The van der Waals surface area contributed by atoms with Crippen LogP contribution in [0.4, 0.5) is 0 Å². The number of benzene rings is 1. The second-order valence-electron chi connectivity index (χ2n) is 7.17. The topological polar surface area (TPSA) is 88.3 Å². The van der Waals surface area contributed by atoms with Crippen LogP contribution >= 0.6 is 0 Å². The van der Waals surface area contributed by atoms with Gasteiger partial charge in [-0.05, 0) is 23.6 Å². The fourth-order valence-electron chi connectivity index (χ4n) is 2.75. The number of pyridine rings is 1. The summed E-state index contributed by atoms with van der Waals surface area (Å²) in [7, 11) is 0. The van der Waals surface area contributed by atoms with Gasteiger partial charge in [-0.3, -0.25) is 14.6 Å². The fourth-order valence-corrected chi connectivity index (χ4v) is 2.75. The molecule has 0 aliphatic heterocycles. The summed E-state index contributed by atoms with van der Waals surface area (Å²) in [6.45, 7) is 5.16. The zero-order valence-electron chi connectivity index (χ0n) is 16.5. The molecule has 0 aliphatic rings. The monoisotopic (exact) mass is 392 g/mol. The average molecular weight is 392 g/mol. The van der Waals surface area contributed by atoms with E-state index in [2.05, 4.69) is 15.5 Å². The summed E-state index contributed by atoms with van der Waals surface area (Å²) >= 11 is 0. The molecule has 7 heteroatoms. The maximum atomic E-state index is 13.0. The summed E-state index contributed by atoms with van der Waals surface area (Å²) in [5, 5.41) is 6.65. The van der Waals surface area contributed by atoms with Crippen molar-refractivity contribution in [2.24, 2.45) is 5.92 Å². The third kappa shape index (κ3) is 5.75.